The Morgan fingerprint density at radius 2 is 1.85 bits per heavy atom. The molecule has 1 rings (SSSR count). The molecular weight excluding hydrogens is 160 g/mol. The van der Waals surface area contributed by atoms with Crippen molar-refractivity contribution in [2.45, 2.75) is 52.0 Å². The van der Waals surface area contributed by atoms with E-state index >= 15 is 0 Å². The molecule has 0 aromatic heterocycles. The van der Waals surface area contributed by atoms with Crippen molar-refractivity contribution in [3.05, 3.63) is 0 Å². The van der Waals surface area contributed by atoms with E-state index in [1.54, 1.807) is 0 Å². The number of nitrogens with zero attached hydrogens (tertiary/aromatic N) is 2. The van der Waals surface area contributed by atoms with Crippen molar-refractivity contribution in [3.8, 4) is 0 Å². The lowest BCUT2D eigenvalue weighted by molar-refractivity contribution is 0.477. The Bertz CT molecular complexity index is 189. The maximum absolute atomic E-state index is 4.75. The summed E-state index contributed by atoms with van der Waals surface area (Å²) in [5.74, 6) is 1.30. The smallest absolute Gasteiger partial charge is 0.0992 e. The van der Waals surface area contributed by atoms with Crippen molar-refractivity contribution in [1.29, 1.82) is 0 Å². The minimum absolute atomic E-state index is 0.0773. The van der Waals surface area contributed by atoms with Crippen molar-refractivity contribution < 1.29 is 0 Å². The average molecular weight is 182 g/mol. The summed E-state index contributed by atoms with van der Waals surface area (Å²) in [5.41, 5.74) is 0.0773. The van der Waals surface area contributed by atoms with Gasteiger partial charge < -0.3 is 4.90 Å². The van der Waals surface area contributed by atoms with Crippen LogP contribution in [0.2, 0.25) is 0 Å². The zero-order valence-electron chi connectivity index (χ0n) is 9.43. The van der Waals surface area contributed by atoms with Gasteiger partial charge in [0.1, 0.15) is 0 Å². The topological polar surface area (TPSA) is 15.6 Å². The number of hydrogen-bond donors (Lipinski definition) is 0. The number of hydrogen-bond acceptors (Lipinski definition) is 1. The standard InChI is InChI=1S/C11H22N2/c1-11(2,3)12-10-8-6-5-7-9-13(10)4/h5-9H2,1-4H3. The van der Waals surface area contributed by atoms with Gasteiger partial charge in [-0.15, -0.1) is 0 Å². The van der Waals surface area contributed by atoms with Crippen LogP contribution in [0.4, 0.5) is 0 Å². The third-order valence-electron chi connectivity index (χ3n) is 2.30. The summed E-state index contributed by atoms with van der Waals surface area (Å²) < 4.78 is 0. The van der Waals surface area contributed by atoms with Crippen LogP contribution in [0, 0.1) is 0 Å². The fourth-order valence-electron chi connectivity index (χ4n) is 1.66. The number of aliphatic imine (C=N–C) groups is 1. The molecule has 2 nitrogen and oxygen atoms in total. The Morgan fingerprint density at radius 1 is 1.15 bits per heavy atom. The molecule has 2 heteroatoms. The van der Waals surface area contributed by atoms with E-state index < -0.39 is 0 Å². The number of rotatable bonds is 0. The van der Waals surface area contributed by atoms with E-state index in [0.717, 1.165) is 6.42 Å². The number of likely N-dealkylation sites (tertiary alicyclic amines) is 1. The molecular formula is C11H22N2. The Kier molecular flexibility index (Phi) is 3.34. The molecule has 0 aromatic rings. The van der Waals surface area contributed by atoms with Crippen LogP contribution in [0.1, 0.15) is 46.5 Å². The first-order valence-electron chi connectivity index (χ1n) is 5.29. The summed E-state index contributed by atoms with van der Waals surface area (Å²) >= 11 is 0. The molecule has 0 radical (unpaired) electrons. The summed E-state index contributed by atoms with van der Waals surface area (Å²) in [4.78, 5) is 7.07. The lowest BCUT2D eigenvalue weighted by Crippen LogP contribution is -2.29. The minimum Gasteiger partial charge on any atom is -0.363 e. The van der Waals surface area contributed by atoms with E-state index in [9.17, 15) is 0 Å². The zero-order valence-corrected chi connectivity index (χ0v) is 9.43. The summed E-state index contributed by atoms with van der Waals surface area (Å²) in [6, 6.07) is 0. The second-order valence-electron chi connectivity index (χ2n) is 4.93. The van der Waals surface area contributed by atoms with Gasteiger partial charge in [-0.25, -0.2) is 0 Å². The summed E-state index contributed by atoms with van der Waals surface area (Å²) in [7, 11) is 2.16. The third kappa shape index (κ3) is 3.79. The molecule has 76 valence electrons. The molecule has 1 saturated heterocycles. The van der Waals surface area contributed by atoms with E-state index in [-0.39, 0.29) is 5.54 Å². The Balaban J connectivity index is 2.69. The van der Waals surface area contributed by atoms with Crippen molar-refractivity contribution >= 4 is 5.84 Å². The first-order valence-corrected chi connectivity index (χ1v) is 5.29. The largest absolute Gasteiger partial charge is 0.363 e. The van der Waals surface area contributed by atoms with Crippen LogP contribution in [0.3, 0.4) is 0 Å². The van der Waals surface area contributed by atoms with Crippen LogP contribution in [-0.2, 0) is 0 Å². The van der Waals surface area contributed by atoms with Gasteiger partial charge in [-0.05, 0) is 33.6 Å². The molecule has 0 aliphatic carbocycles. The van der Waals surface area contributed by atoms with Crippen LogP contribution in [-0.4, -0.2) is 29.9 Å². The molecule has 1 aliphatic heterocycles. The van der Waals surface area contributed by atoms with Gasteiger partial charge in [0.25, 0.3) is 0 Å². The van der Waals surface area contributed by atoms with Crippen molar-refractivity contribution in [2.75, 3.05) is 13.6 Å². The molecule has 0 atom stereocenters. The zero-order chi connectivity index (χ0) is 9.90. The molecule has 13 heavy (non-hydrogen) atoms. The first kappa shape index (κ1) is 10.6. The van der Waals surface area contributed by atoms with Gasteiger partial charge in [0, 0.05) is 20.0 Å². The van der Waals surface area contributed by atoms with Crippen LogP contribution >= 0.6 is 0 Å². The van der Waals surface area contributed by atoms with Gasteiger partial charge in [0.2, 0.25) is 0 Å². The average Bonchev–Trinajstić information content (AvgIpc) is 2.14. The molecule has 0 saturated carbocycles. The van der Waals surface area contributed by atoms with Crippen LogP contribution < -0.4 is 0 Å². The minimum atomic E-state index is 0.0773. The number of amidine groups is 1. The molecule has 0 bridgehead atoms. The third-order valence-corrected chi connectivity index (χ3v) is 2.30. The highest BCUT2D eigenvalue weighted by atomic mass is 15.2. The second kappa shape index (κ2) is 4.12. The predicted molar refractivity (Wildman–Crippen MR) is 58.3 cm³/mol. The van der Waals surface area contributed by atoms with E-state index in [1.807, 2.05) is 0 Å². The molecule has 0 unspecified atom stereocenters. The van der Waals surface area contributed by atoms with E-state index in [2.05, 4.69) is 32.7 Å². The lowest BCUT2D eigenvalue weighted by Gasteiger charge is -2.22. The SMILES string of the molecule is CN1CCCCCC1=NC(C)(C)C. The molecule has 1 fully saturated rings. The Morgan fingerprint density at radius 3 is 2.46 bits per heavy atom. The van der Waals surface area contributed by atoms with E-state index in [4.69, 9.17) is 4.99 Å². The van der Waals surface area contributed by atoms with Crippen molar-refractivity contribution in [2.24, 2.45) is 4.99 Å². The highest BCUT2D eigenvalue weighted by Gasteiger charge is 2.14. The van der Waals surface area contributed by atoms with E-state index in [0.29, 0.717) is 0 Å². The van der Waals surface area contributed by atoms with Crippen LogP contribution in [0.5, 0.6) is 0 Å². The van der Waals surface area contributed by atoms with Crippen molar-refractivity contribution in [3.63, 3.8) is 0 Å². The maximum Gasteiger partial charge on any atom is 0.0992 e. The van der Waals surface area contributed by atoms with Crippen LogP contribution in [0.25, 0.3) is 0 Å². The van der Waals surface area contributed by atoms with Gasteiger partial charge >= 0.3 is 0 Å². The fraction of sp³-hybridized carbons (Fsp3) is 0.909. The maximum atomic E-state index is 4.75. The Hall–Kier alpha value is -0.530. The van der Waals surface area contributed by atoms with Gasteiger partial charge in [0.05, 0.1) is 11.4 Å². The second-order valence-corrected chi connectivity index (χ2v) is 4.93. The van der Waals surface area contributed by atoms with Gasteiger partial charge in [-0.3, -0.25) is 4.99 Å². The summed E-state index contributed by atoms with van der Waals surface area (Å²) in [6.45, 7) is 7.67. The van der Waals surface area contributed by atoms with Gasteiger partial charge in [-0.2, -0.15) is 0 Å². The van der Waals surface area contributed by atoms with Crippen molar-refractivity contribution in [1.82, 2.24) is 4.90 Å². The molecule has 0 amide bonds. The quantitative estimate of drug-likeness (QED) is 0.562. The normalized spacial score (nSPS) is 23.4. The van der Waals surface area contributed by atoms with Crippen LogP contribution in [0.15, 0.2) is 4.99 Å². The Labute approximate surface area is 82.0 Å². The lowest BCUT2D eigenvalue weighted by atomic mass is 10.1. The van der Waals surface area contributed by atoms with E-state index in [1.165, 1.54) is 31.6 Å². The summed E-state index contributed by atoms with van der Waals surface area (Å²) in [5, 5.41) is 0. The van der Waals surface area contributed by atoms with Gasteiger partial charge in [-0.1, -0.05) is 6.42 Å². The predicted octanol–water partition coefficient (Wildman–Crippen LogP) is 2.69. The highest BCUT2D eigenvalue weighted by molar-refractivity contribution is 5.82. The first-order chi connectivity index (χ1) is 5.99. The molecule has 1 aliphatic rings. The van der Waals surface area contributed by atoms with Gasteiger partial charge in [0.15, 0.2) is 0 Å². The monoisotopic (exact) mass is 182 g/mol. The highest BCUT2D eigenvalue weighted by Crippen LogP contribution is 2.15. The molecule has 1 heterocycles. The molecule has 0 N–H and O–H groups in total. The molecule has 0 aromatic carbocycles. The summed E-state index contributed by atoms with van der Waals surface area (Å²) in [6.07, 6.45) is 5.14. The molecule has 0 spiro atoms. The fourth-order valence-corrected chi connectivity index (χ4v) is 1.66.